The van der Waals surface area contributed by atoms with E-state index in [2.05, 4.69) is 13.1 Å². The fraction of sp³-hybridized carbons (Fsp3) is 0.889. The molecule has 1 aliphatic rings. The molecule has 0 aromatic heterocycles. The van der Waals surface area contributed by atoms with Crippen molar-refractivity contribution in [1.29, 1.82) is 0 Å². The molecule has 1 fully saturated rings. The fourth-order valence-corrected chi connectivity index (χ4v) is 4.45. The maximum absolute atomic E-state index is 10.7. The van der Waals surface area contributed by atoms with Crippen LogP contribution >= 0.6 is 0 Å². The van der Waals surface area contributed by atoms with Gasteiger partial charge in [-0.2, -0.15) is 0 Å². The Balaban J connectivity index is 2.50. The van der Waals surface area contributed by atoms with Crippen LogP contribution in [0.3, 0.4) is 0 Å². The lowest BCUT2D eigenvalue weighted by molar-refractivity contribution is -0.142. The van der Waals surface area contributed by atoms with E-state index in [1.807, 2.05) is 0 Å². The summed E-state index contributed by atoms with van der Waals surface area (Å²) in [6.07, 6.45) is 2.97. The maximum Gasteiger partial charge on any atom is 0.306 e. The third-order valence-corrected chi connectivity index (χ3v) is 6.27. The summed E-state index contributed by atoms with van der Waals surface area (Å²) in [7, 11) is -0.992. The van der Waals surface area contributed by atoms with Gasteiger partial charge >= 0.3 is 5.97 Å². The van der Waals surface area contributed by atoms with Gasteiger partial charge in [-0.1, -0.05) is 31.6 Å². The molecule has 1 N–H and O–H groups in total. The topological polar surface area (TPSA) is 37.3 Å². The van der Waals surface area contributed by atoms with Crippen molar-refractivity contribution < 1.29 is 9.90 Å². The van der Waals surface area contributed by atoms with Gasteiger partial charge in [-0.15, -0.1) is 0 Å². The highest BCUT2D eigenvalue weighted by Gasteiger charge is 2.28. The van der Waals surface area contributed by atoms with Crippen molar-refractivity contribution in [2.75, 3.05) is 0 Å². The van der Waals surface area contributed by atoms with E-state index in [1.54, 1.807) is 0 Å². The Morgan fingerprint density at radius 1 is 1.33 bits per heavy atom. The highest BCUT2D eigenvalue weighted by Crippen LogP contribution is 2.30. The average Bonchev–Trinajstić information content (AvgIpc) is 2.10. The zero-order valence-corrected chi connectivity index (χ0v) is 8.97. The summed E-state index contributed by atoms with van der Waals surface area (Å²) >= 11 is 0. The van der Waals surface area contributed by atoms with Crippen molar-refractivity contribution in [2.24, 2.45) is 5.92 Å². The minimum atomic E-state index is -0.992. The second-order valence-corrected chi connectivity index (χ2v) is 9.96. The second kappa shape index (κ2) is 3.60. The van der Waals surface area contributed by atoms with E-state index in [9.17, 15) is 4.79 Å². The molecule has 0 aliphatic carbocycles. The maximum atomic E-state index is 10.7. The zero-order chi connectivity index (χ0) is 9.19. The van der Waals surface area contributed by atoms with E-state index in [0.29, 0.717) is 0 Å². The highest BCUT2D eigenvalue weighted by atomic mass is 28.3. The van der Waals surface area contributed by atoms with E-state index in [1.165, 1.54) is 12.1 Å². The molecule has 1 atom stereocenters. The van der Waals surface area contributed by atoms with Crippen LogP contribution in [0.2, 0.25) is 25.2 Å². The van der Waals surface area contributed by atoms with E-state index in [-0.39, 0.29) is 5.92 Å². The van der Waals surface area contributed by atoms with Crippen LogP contribution in [0.5, 0.6) is 0 Å². The van der Waals surface area contributed by atoms with Crippen LogP contribution in [0.25, 0.3) is 0 Å². The Morgan fingerprint density at radius 3 is 2.58 bits per heavy atom. The number of aliphatic carboxylic acids is 1. The SMILES string of the molecule is C[Si]1(C)CCC[C@H](C(=O)O)CC1. The molecular weight excluding hydrogens is 168 g/mol. The first kappa shape index (κ1) is 9.77. The lowest BCUT2D eigenvalue weighted by Gasteiger charge is -2.18. The van der Waals surface area contributed by atoms with Crippen LogP contribution in [0.1, 0.15) is 19.3 Å². The first-order valence-electron chi connectivity index (χ1n) is 4.74. The van der Waals surface area contributed by atoms with Gasteiger partial charge in [0.25, 0.3) is 0 Å². The predicted octanol–water partition coefficient (Wildman–Crippen LogP) is 2.58. The largest absolute Gasteiger partial charge is 0.481 e. The molecule has 0 unspecified atom stereocenters. The molecule has 0 radical (unpaired) electrons. The van der Waals surface area contributed by atoms with Crippen LogP contribution in [-0.2, 0) is 4.79 Å². The van der Waals surface area contributed by atoms with E-state index in [4.69, 9.17) is 5.11 Å². The van der Waals surface area contributed by atoms with Crippen molar-refractivity contribution in [1.82, 2.24) is 0 Å². The molecule has 1 heterocycles. The monoisotopic (exact) mass is 186 g/mol. The Labute approximate surface area is 75.0 Å². The summed E-state index contributed by atoms with van der Waals surface area (Å²) in [5.74, 6) is -0.624. The van der Waals surface area contributed by atoms with Crippen LogP contribution in [-0.4, -0.2) is 19.1 Å². The molecule has 12 heavy (non-hydrogen) atoms. The Bertz CT molecular complexity index is 177. The van der Waals surface area contributed by atoms with Gasteiger partial charge in [-0.25, -0.2) is 0 Å². The number of carbonyl (C=O) groups is 1. The standard InChI is InChI=1S/C9H18O2Si/c1-12(2)6-3-4-8(5-7-12)9(10)11/h8H,3-7H2,1-2H3,(H,10,11)/t8-/m0/s1. The smallest absolute Gasteiger partial charge is 0.306 e. The van der Waals surface area contributed by atoms with Gasteiger partial charge in [-0.05, 0) is 12.8 Å². The summed E-state index contributed by atoms with van der Waals surface area (Å²) in [6.45, 7) is 4.74. The summed E-state index contributed by atoms with van der Waals surface area (Å²) in [5, 5.41) is 8.85. The van der Waals surface area contributed by atoms with Crippen molar-refractivity contribution in [3.05, 3.63) is 0 Å². The fourth-order valence-electron chi connectivity index (χ4n) is 1.91. The van der Waals surface area contributed by atoms with Gasteiger partial charge in [0.1, 0.15) is 0 Å². The minimum Gasteiger partial charge on any atom is -0.481 e. The van der Waals surface area contributed by atoms with Gasteiger partial charge in [-0.3, -0.25) is 4.79 Å². The number of carboxylic acids is 1. The molecule has 2 nitrogen and oxygen atoms in total. The molecule has 0 amide bonds. The molecule has 1 rings (SSSR count). The van der Waals surface area contributed by atoms with Crippen LogP contribution in [0, 0.1) is 5.92 Å². The highest BCUT2D eigenvalue weighted by molar-refractivity contribution is 6.77. The molecule has 3 heteroatoms. The number of hydrogen-bond acceptors (Lipinski definition) is 1. The molecule has 0 bridgehead atoms. The van der Waals surface area contributed by atoms with Gasteiger partial charge in [0.15, 0.2) is 0 Å². The summed E-state index contributed by atoms with van der Waals surface area (Å²) in [5.41, 5.74) is 0. The number of rotatable bonds is 1. The molecule has 0 aromatic carbocycles. The van der Waals surface area contributed by atoms with Crippen LogP contribution in [0.4, 0.5) is 0 Å². The quantitative estimate of drug-likeness (QED) is 0.639. The Kier molecular flexibility index (Phi) is 2.93. The number of hydrogen-bond donors (Lipinski definition) is 1. The van der Waals surface area contributed by atoms with E-state index >= 15 is 0 Å². The molecular formula is C9H18O2Si. The minimum absolute atomic E-state index is 0.0423. The molecule has 0 aromatic rings. The molecule has 1 aliphatic heterocycles. The van der Waals surface area contributed by atoms with Crippen LogP contribution in [0.15, 0.2) is 0 Å². The van der Waals surface area contributed by atoms with Gasteiger partial charge in [0.05, 0.1) is 5.92 Å². The molecule has 0 spiro atoms. The van der Waals surface area contributed by atoms with Crippen molar-refractivity contribution >= 4 is 14.0 Å². The van der Waals surface area contributed by atoms with E-state index in [0.717, 1.165) is 19.3 Å². The van der Waals surface area contributed by atoms with Gasteiger partial charge in [0, 0.05) is 8.07 Å². The summed E-state index contributed by atoms with van der Waals surface area (Å²) < 4.78 is 0. The van der Waals surface area contributed by atoms with Crippen molar-refractivity contribution in [3.8, 4) is 0 Å². The average molecular weight is 186 g/mol. The van der Waals surface area contributed by atoms with Gasteiger partial charge < -0.3 is 5.11 Å². The summed E-state index contributed by atoms with van der Waals surface area (Å²) in [6, 6.07) is 2.51. The van der Waals surface area contributed by atoms with E-state index < -0.39 is 14.0 Å². The zero-order valence-electron chi connectivity index (χ0n) is 7.97. The molecule has 1 saturated heterocycles. The first-order chi connectivity index (χ1) is 5.51. The first-order valence-corrected chi connectivity index (χ1v) is 8.15. The van der Waals surface area contributed by atoms with Crippen LogP contribution < -0.4 is 0 Å². The predicted molar refractivity (Wildman–Crippen MR) is 52.1 cm³/mol. The Morgan fingerprint density at radius 2 is 2.00 bits per heavy atom. The molecule has 70 valence electrons. The van der Waals surface area contributed by atoms with Crippen molar-refractivity contribution in [2.45, 2.75) is 44.4 Å². The van der Waals surface area contributed by atoms with Crippen molar-refractivity contribution in [3.63, 3.8) is 0 Å². The lowest BCUT2D eigenvalue weighted by atomic mass is 10.0. The second-order valence-electron chi connectivity index (χ2n) is 4.63. The lowest BCUT2D eigenvalue weighted by Crippen LogP contribution is -2.23. The molecule has 0 saturated carbocycles. The van der Waals surface area contributed by atoms with Gasteiger partial charge in [0.2, 0.25) is 0 Å². The Hall–Kier alpha value is -0.313. The number of carboxylic acid groups (broad SMARTS) is 1. The normalized spacial score (nSPS) is 29.3. The third kappa shape index (κ3) is 2.63. The summed E-state index contributed by atoms with van der Waals surface area (Å²) in [4.78, 5) is 10.7. The third-order valence-electron chi connectivity index (χ3n) is 2.92.